The van der Waals surface area contributed by atoms with Gasteiger partial charge in [0.25, 0.3) is 0 Å². The van der Waals surface area contributed by atoms with E-state index in [0.29, 0.717) is 11.5 Å². The molecule has 182 valence electrons. The van der Waals surface area contributed by atoms with E-state index in [4.69, 9.17) is 16.3 Å². The standard InChI is InChI=1S/C24H24ClF2N7O/c1-3-33-6-8-34(9-7-33)15-4-5-19(28-12-15)32-23-20(25)24(30-13-29-23)35-18-11-17(26)22-16(21(18)27)10-14(2)31-22/h4-5,10-13,31H,3,6-9H2,1-2H3,(H,28,29,30,32). The number of aryl methyl sites for hydroxylation is 1. The van der Waals surface area contributed by atoms with E-state index in [1.165, 1.54) is 12.4 Å². The van der Waals surface area contributed by atoms with Crippen LogP contribution in [0, 0.1) is 18.6 Å². The predicted molar refractivity (Wildman–Crippen MR) is 132 cm³/mol. The summed E-state index contributed by atoms with van der Waals surface area (Å²) >= 11 is 6.43. The Kier molecular flexibility index (Phi) is 6.40. The molecule has 1 aromatic carbocycles. The monoisotopic (exact) mass is 499 g/mol. The second-order valence-electron chi connectivity index (χ2n) is 8.30. The topological polar surface area (TPSA) is 82.2 Å². The van der Waals surface area contributed by atoms with Crippen molar-refractivity contribution in [3.63, 3.8) is 0 Å². The first-order valence-corrected chi connectivity index (χ1v) is 11.7. The summed E-state index contributed by atoms with van der Waals surface area (Å²) in [5, 5.41) is 3.13. The molecule has 0 amide bonds. The Bertz CT molecular complexity index is 1350. The number of nitrogens with one attached hydrogen (secondary N) is 2. The molecule has 0 unspecified atom stereocenters. The molecule has 11 heteroatoms. The van der Waals surface area contributed by atoms with E-state index in [9.17, 15) is 8.78 Å². The largest absolute Gasteiger partial charge is 0.434 e. The number of halogens is 3. The average Bonchev–Trinajstić information content (AvgIpc) is 3.28. The number of aromatic amines is 1. The van der Waals surface area contributed by atoms with Crippen molar-refractivity contribution < 1.29 is 13.5 Å². The highest BCUT2D eigenvalue weighted by Gasteiger charge is 2.20. The quantitative estimate of drug-likeness (QED) is 0.374. The number of likely N-dealkylation sites (N-methyl/N-ethyl adjacent to an activating group) is 1. The second-order valence-corrected chi connectivity index (χ2v) is 8.68. The Labute approximate surface area is 205 Å². The van der Waals surface area contributed by atoms with E-state index in [2.05, 4.69) is 42.0 Å². The van der Waals surface area contributed by atoms with Crippen molar-refractivity contribution in [1.29, 1.82) is 0 Å². The number of benzene rings is 1. The molecule has 0 spiro atoms. The van der Waals surface area contributed by atoms with Crippen molar-refractivity contribution in [2.24, 2.45) is 0 Å². The third kappa shape index (κ3) is 4.71. The highest BCUT2D eigenvalue weighted by molar-refractivity contribution is 6.34. The molecule has 1 aliphatic rings. The molecule has 35 heavy (non-hydrogen) atoms. The first-order chi connectivity index (χ1) is 16.9. The molecule has 4 heterocycles. The van der Waals surface area contributed by atoms with Crippen LogP contribution >= 0.6 is 11.6 Å². The predicted octanol–water partition coefficient (Wildman–Crippen LogP) is 5.27. The maximum atomic E-state index is 14.9. The lowest BCUT2D eigenvalue weighted by Crippen LogP contribution is -2.46. The van der Waals surface area contributed by atoms with Crippen LogP contribution in [0.25, 0.3) is 10.9 Å². The highest BCUT2D eigenvalue weighted by atomic mass is 35.5. The molecule has 0 saturated carbocycles. The van der Waals surface area contributed by atoms with Gasteiger partial charge in [0.05, 0.1) is 17.4 Å². The van der Waals surface area contributed by atoms with Crippen molar-refractivity contribution in [3.8, 4) is 11.6 Å². The lowest BCUT2D eigenvalue weighted by molar-refractivity contribution is 0.271. The molecule has 4 aromatic rings. The third-order valence-corrected chi connectivity index (χ3v) is 6.39. The number of rotatable bonds is 6. The summed E-state index contributed by atoms with van der Waals surface area (Å²) in [6, 6.07) is 6.28. The van der Waals surface area contributed by atoms with E-state index >= 15 is 0 Å². The first-order valence-electron chi connectivity index (χ1n) is 11.3. The van der Waals surface area contributed by atoms with Gasteiger partial charge in [-0.2, -0.15) is 4.98 Å². The fraction of sp³-hybridized carbons (Fsp3) is 0.292. The van der Waals surface area contributed by atoms with Crippen LogP contribution in [0.4, 0.5) is 26.1 Å². The van der Waals surface area contributed by atoms with Gasteiger partial charge in [0.1, 0.15) is 17.2 Å². The van der Waals surface area contributed by atoms with Gasteiger partial charge in [0.2, 0.25) is 5.88 Å². The highest BCUT2D eigenvalue weighted by Crippen LogP contribution is 2.36. The van der Waals surface area contributed by atoms with Crippen LogP contribution in [-0.4, -0.2) is 57.6 Å². The smallest absolute Gasteiger partial charge is 0.243 e. The van der Waals surface area contributed by atoms with Crippen LogP contribution in [0.15, 0.2) is 36.8 Å². The number of piperazine rings is 1. The lowest BCUT2D eigenvalue weighted by atomic mass is 10.2. The van der Waals surface area contributed by atoms with Crippen molar-refractivity contribution in [1.82, 2.24) is 24.8 Å². The van der Waals surface area contributed by atoms with Crippen LogP contribution in [0.3, 0.4) is 0 Å². The molecule has 1 fully saturated rings. The summed E-state index contributed by atoms with van der Waals surface area (Å²) in [6.45, 7) is 8.89. The fourth-order valence-electron chi connectivity index (χ4n) is 4.12. The lowest BCUT2D eigenvalue weighted by Gasteiger charge is -2.35. The first kappa shape index (κ1) is 23.3. The Morgan fingerprint density at radius 3 is 2.63 bits per heavy atom. The van der Waals surface area contributed by atoms with E-state index in [0.717, 1.165) is 44.5 Å². The van der Waals surface area contributed by atoms with Gasteiger partial charge in [-0.1, -0.05) is 18.5 Å². The minimum Gasteiger partial charge on any atom is -0.434 e. The third-order valence-electron chi connectivity index (χ3n) is 6.04. The van der Waals surface area contributed by atoms with Crippen molar-refractivity contribution in [2.45, 2.75) is 13.8 Å². The summed E-state index contributed by atoms with van der Waals surface area (Å²) in [6.07, 6.45) is 3.01. The minimum atomic E-state index is -0.716. The summed E-state index contributed by atoms with van der Waals surface area (Å²) < 4.78 is 34.9. The molecule has 1 aliphatic heterocycles. The Hall–Kier alpha value is -3.50. The van der Waals surface area contributed by atoms with Gasteiger partial charge < -0.3 is 24.8 Å². The molecule has 0 aliphatic carbocycles. The molecule has 1 saturated heterocycles. The number of fused-ring (bicyclic) bond motifs is 1. The zero-order valence-electron chi connectivity index (χ0n) is 19.3. The molecule has 0 radical (unpaired) electrons. The molecule has 5 rings (SSSR count). The van der Waals surface area contributed by atoms with Crippen LogP contribution in [-0.2, 0) is 0 Å². The number of aromatic nitrogens is 4. The normalized spacial score (nSPS) is 14.5. The summed E-state index contributed by atoms with van der Waals surface area (Å²) in [5.41, 5.74) is 1.74. The molecule has 0 bridgehead atoms. The molecule has 2 N–H and O–H groups in total. The van der Waals surface area contributed by atoms with Crippen LogP contribution in [0.5, 0.6) is 11.6 Å². The Balaban J connectivity index is 1.33. The van der Waals surface area contributed by atoms with Crippen molar-refractivity contribution >= 4 is 39.8 Å². The van der Waals surface area contributed by atoms with Gasteiger partial charge in [0.15, 0.2) is 23.2 Å². The van der Waals surface area contributed by atoms with Gasteiger partial charge in [-0.05, 0) is 31.7 Å². The molecule has 8 nitrogen and oxygen atoms in total. The summed E-state index contributed by atoms with van der Waals surface area (Å²) in [7, 11) is 0. The van der Waals surface area contributed by atoms with Crippen molar-refractivity contribution in [2.75, 3.05) is 42.9 Å². The summed E-state index contributed by atoms with van der Waals surface area (Å²) in [4.78, 5) is 20.1. The number of anilines is 3. The number of ether oxygens (including phenoxy) is 1. The Morgan fingerprint density at radius 1 is 1.11 bits per heavy atom. The second kappa shape index (κ2) is 9.63. The van der Waals surface area contributed by atoms with Gasteiger partial charge in [-0.15, -0.1) is 0 Å². The van der Waals surface area contributed by atoms with Crippen LogP contribution in [0.1, 0.15) is 12.6 Å². The van der Waals surface area contributed by atoms with Gasteiger partial charge >= 0.3 is 0 Å². The summed E-state index contributed by atoms with van der Waals surface area (Å²) in [5.74, 6) is -1.05. The van der Waals surface area contributed by atoms with Gasteiger partial charge in [-0.3, -0.25) is 0 Å². The van der Waals surface area contributed by atoms with Crippen LogP contribution < -0.4 is 15.0 Å². The zero-order chi connectivity index (χ0) is 24.5. The number of H-pyrrole nitrogens is 1. The number of pyridine rings is 1. The number of hydrogen-bond donors (Lipinski definition) is 2. The molecular formula is C24H24ClF2N7O. The van der Waals surface area contributed by atoms with E-state index < -0.39 is 11.6 Å². The van der Waals surface area contributed by atoms with E-state index in [1.54, 1.807) is 13.1 Å². The molecule has 0 atom stereocenters. The number of nitrogens with zero attached hydrogens (tertiary/aromatic N) is 5. The molecule has 3 aromatic heterocycles. The zero-order valence-corrected chi connectivity index (χ0v) is 20.0. The average molecular weight is 500 g/mol. The van der Waals surface area contributed by atoms with Gasteiger partial charge in [-0.25, -0.2) is 18.7 Å². The Morgan fingerprint density at radius 2 is 1.91 bits per heavy atom. The van der Waals surface area contributed by atoms with Crippen LogP contribution in [0.2, 0.25) is 5.02 Å². The number of hydrogen-bond acceptors (Lipinski definition) is 7. The SMILES string of the molecule is CCN1CCN(c2ccc(Nc3ncnc(Oc4cc(F)c5[nH]c(C)cc5c4F)c3Cl)nc2)CC1. The van der Waals surface area contributed by atoms with E-state index in [1.807, 2.05) is 12.1 Å². The maximum absolute atomic E-state index is 14.9. The van der Waals surface area contributed by atoms with Gasteiger partial charge in [0, 0.05) is 43.3 Å². The van der Waals surface area contributed by atoms with Crippen molar-refractivity contribution in [3.05, 3.63) is 59.1 Å². The minimum absolute atomic E-state index is 0.0132. The maximum Gasteiger partial charge on any atom is 0.243 e. The molecular weight excluding hydrogens is 476 g/mol. The van der Waals surface area contributed by atoms with E-state index in [-0.39, 0.29) is 33.4 Å². The fourth-order valence-corrected chi connectivity index (χ4v) is 4.30.